The summed E-state index contributed by atoms with van der Waals surface area (Å²) in [5, 5.41) is 3.44. The molecule has 1 saturated carbocycles. The third-order valence-electron chi connectivity index (χ3n) is 6.60. The Labute approximate surface area is 186 Å². The summed E-state index contributed by atoms with van der Waals surface area (Å²) in [6.07, 6.45) is 7.07. The van der Waals surface area contributed by atoms with E-state index in [1.54, 1.807) is 0 Å². The molecule has 0 atom stereocenters. The number of rotatable bonds is 5. The van der Waals surface area contributed by atoms with E-state index < -0.39 is 0 Å². The number of hydrogen-bond donors (Lipinski definition) is 1. The van der Waals surface area contributed by atoms with E-state index in [4.69, 9.17) is 9.73 Å². The van der Waals surface area contributed by atoms with Gasteiger partial charge in [-0.25, -0.2) is 0 Å². The maximum absolute atomic E-state index is 12.5. The van der Waals surface area contributed by atoms with E-state index in [9.17, 15) is 4.79 Å². The number of carbonyl (C=O) groups is 1. The highest BCUT2D eigenvalue weighted by molar-refractivity contribution is 14.0. The lowest BCUT2D eigenvalue weighted by Crippen LogP contribution is -2.57. The molecule has 8 heteroatoms. The summed E-state index contributed by atoms with van der Waals surface area (Å²) in [6, 6.07) is 0.514. The van der Waals surface area contributed by atoms with Crippen molar-refractivity contribution in [3.05, 3.63) is 0 Å². The Morgan fingerprint density at radius 1 is 1.18 bits per heavy atom. The van der Waals surface area contributed by atoms with Gasteiger partial charge in [0, 0.05) is 44.4 Å². The highest BCUT2D eigenvalue weighted by Gasteiger charge is 2.40. The fraction of sp³-hybridized carbons (Fsp3) is 0.900. The topological polar surface area (TPSA) is 60.4 Å². The van der Waals surface area contributed by atoms with Crippen LogP contribution in [-0.2, 0) is 9.53 Å². The van der Waals surface area contributed by atoms with Crippen LogP contribution < -0.4 is 5.32 Å². The highest BCUT2D eigenvalue weighted by Crippen LogP contribution is 2.32. The molecule has 4 fully saturated rings. The van der Waals surface area contributed by atoms with E-state index in [2.05, 4.69) is 26.9 Å². The third-order valence-corrected chi connectivity index (χ3v) is 6.60. The van der Waals surface area contributed by atoms with Crippen molar-refractivity contribution in [2.24, 2.45) is 4.99 Å². The average molecular weight is 505 g/mol. The molecule has 0 aromatic carbocycles. The number of amides is 1. The van der Waals surface area contributed by atoms with Gasteiger partial charge < -0.3 is 19.9 Å². The van der Waals surface area contributed by atoms with Crippen LogP contribution in [-0.4, -0.2) is 97.2 Å². The molecular weight excluding hydrogens is 469 g/mol. The first-order valence-corrected chi connectivity index (χ1v) is 10.9. The van der Waals surface area contributed by atoms with Crippen LogP contribution in [0.1, 0.15) is 45.4 Å². The molecule has 0 radical (unpaired) electrons. The van der Waals surface area contributed by atoms with Gasteiger partial charge in [-0.2, -0.15) is 0 Å². The Morgan fingerprint density at radius 3 is 2.50 bits per heavy atom. The van der Waals surface area contributed by atoms with Crippen LogP contribution in [0.15, 0.2) is 4.99 Å². The quantitative estimate of drug-likeness (QED) is 0.349. The second kappa shape index (κ2) is 9.93. The fourth-order valence-corrected chi connectivity index (χ4v) is 4.80. The lowest BCUT2D eigenvalue weighted by atomic mass is 9.88. The zero-order valence-corrected chi connectivity index (χ0v) is 19.5. The van der Waals surface area contributed by atoms with E-state index in [0.717, 1.165) is 58.2 Å². The smallest absolute Gasteiger partial charge is 0.242 e. The largest absolute Gasteiger partial charge is 0.381 e. The van der Waals surface area contributed by atoms with E-state index in [-0.39, 0.29) is 35.4 Å². The van der Waals surface area contributed by atoms with Crippen LogP contribution in [0.4, 0.5) is 0 Å². The van der Waals surface area contributed by atoms with Crippen LogP contribution in [0.25, 0.3) is 0 Å². The molecule has 7 nitrogen and oxygen atoms in total. The maximum Gasteiger partial charge on any atom is 0.242 e. The standard InChI is InChI=1S/C20H35N5O2.HI/c1-2-21-19(23-11-12-25(17-5-6-17)18(26)15-23)22-16-20(7-13-27-14-8-20)24-9-3-4-10-24;/h17H,2-16H2,1H3,(H,21,22);1H. The first-order valence-electron chi connectivity index (χ1n) is 10.9. The Hall–Kier alpha value is -0.610. The molecule has 1 aliphatic carbocycles. The molecule has 28 heavy (non-hydrogen) atoms. The molecule has 4 aliphatic rings. The number of nitrogens with one attached hydrogen (secondary N) is 1. The molecule has 0 aromatic heterocycles. The van der Waals surface area contributed by atoms with Crippen LogP contribution >= 0.6 is 24.0 Å². The Balaban J connectivity index is 0.00000225. The van der Waals surface area contributed by atoms with Crippen molar-refractivity contribution in [1.82, 2.24) is 20.0 Å². The minimum Gasteiger partial charge on any atom is -0.381 e. The van der Waals surface area contributed by atoms with E-state index in [0.29, 0.717) is 12.6 Å². The minimum atomic E-state index is 0. The fourth-order valence-electron chi connectivity index (χ4n) is 4.80. The predicted molar refractivity (Wildman–Crippen MR) is 121 cm³/mol. The number of hydrogen-bond acceptors (Lipinski definition) is 4. The SMILES string of the molecule is CCNC(=NCC1(N2CCCC2)CCOCC1)N1CCN(C2CC2)C(=O)C1.I. The number of likely N-dealkylation sites (tertiary alicyclic amines) is 1. The molecular formula is C20H36IN5O2. The van der Waals surface area contributed by atoms with Crippen molar-refractivity contribution >= 4 is 35.8 Å². The molecule has 1 N–H and O–H groups in total. The van der Waals surface area contributed by atoms with Crippen LogP contribution in [0.2, 0.25) is 0 Å². The van der Waals surface area contributed by atoms with E-state index in [1.807, 2.05) is 0 Å². The molecule has 0 bridgehead atoms. The first kappa shape index (κ1) is 22.1. The van der Waals surface area contributed by atoms with Gasteiger partial charge in [-0.1, -0.05) is 0 Å². The summed E-state index contributed by atoms with van der Waals surface area (Å²) in [6.45, 7) is 9.94. The van der Waals surface area contributed by atoms with Crippen LogP contribution in [0.3, 0.4) is 0 Å². The van der Waals surface area contributed by atoms with Gasteiger partial charge in [-0.05, 0) is 58.5 Å². The highest BCUT2D eigenvalue weighted by atomic mass is 127. The van der Waals surface area contributed by atoms with Crippen molar-refractivity contribution < 1.29 is 9.53 Å². The average Bonchev–Trinajstić information content (AvgIpc) is 3.37. The van der Waals surface area contributed by atoms with Gasteiger partial charge in [-0.3, -0.25) is 14.7 Å². The molecule has 3 aliphatic heterocycles. The summed E-state index contributed by atoms with van der Waals surface area (Å²) in [7, 11) is 0. The molecule has 0 aromatic rings. The Bertz CT molecular complexity index is 557. The monoisotopic (exact) mass is 505 g/mol. The number of ether oxygens (including phenoxy) is 1. The number of aliphatic imine (C=N–C) groups is 1. The van der Waals surface area contributed by atoms with Crippen molar-refractivity contribution in [2.45, 2.75) is 57.0 Å². The molecule has 0 spiro atoms. The summed E-state index contributed by atoms with van der Waals surface area (Å²) < 4.78 is 5.66. The molecule has 1 amide bonds. The van der Waals surface area contributed by atoms with Gasteiger partial charge in [0.25, 0.3) is 0 Å². The normalized spacial score (nSPS) is 26.3. The molecule has 3 saturated heterocycles. The Kier molecular flexibility index (Phi) is 7.83. The number of piperazine rings is 1. The van der Waals surface area contributed by atoms with Crippen molar-refractivity contribution in [1.29, 1.82) is 0 Å². The van der Waals surface area contributed by atoms with Crippen molar-refractivity contribution in [2.75, 3.05) is 59.0 Å². The molecule has 3 heterocycles. The van der Waals surface area contributed by atoms with E-state index in [1.165, 1.54) is 38.8 Å². The second-order valence-corrected chi connectivity index (χ2v) is 8.44. The van der Waals surface area contributed by atoms with Gasteiger partial charge in [0.2, 0.25) is 5.91 Å². The summed E-state index contributed by atoms with van der Waals surface area (Å²) >= 11 is 0. The van der Waals surface area contributed by atoms with Gasteiger partial charge in [0.1, 0.15) is 0 Å². The van der Waals surface area contributed by atoms with Crippen LogP contribution in [0, 0.1) is 0 Å². The minimum absolute atomic E-state index is 0. The van der Waals surface area contributed by atoms with Crippen molar-refractivity contribution in [3.63, 3.8) is 0 Å². The van der Waals surface area contributed by atoms with E-state index >= 15 is 0 Å². The lowest BCUT2D eigenvalue weighted by molar-refractivity contribution is -0.135. The zero-order valence-electron chi connectivity index (χ0n) is 17.2. The van der Waals surface area contributed by atoms with Gasteiger partial charge in [0.05, 0.1) is 13.1 Å². The molecule has 0 unspecified atom stereocenters. The number of halogens is 1. The molecule has 4 rings (SSSR count). The van der Waals surface area contributed by atoms with Crippen LogP contribution in [0.5, 0.6) is 0 Å². The van der Waals surface area contributed by atoms with Crippen molar-refractivity contribution in [3.8, 4) is 0 Å². The maximum atomic E-state index is 12.5. The summed E-state index contributed by atoms with van der Waals surface area (Å²) in [5.41, 5.74) is 0.134. The summed E-state index contributed by atoms with van der Waals surface area (Å²) in [5.74, 6) is 1.17. The second-order valence-electron chi connectivity index (χ2n) is 8.44. The van der Waals surface area contributed by atoms with Gasteiger partial charge >= 0.3 is 0 Å². The first-order chi connectivity index (χ1) is 13.2. The number of carbonyl (C=O) groups excluding carboxylic acids is 1. The number of guanidine groups is 1. The summed E-state index contributed by atoms with van der Waals surface area (Å²) in [4.78, 5) is 24.5. The number of nitrogens with zero attached hydrogens (tertiary/aromatic N) is 4. The molecule has 160 valence electrons. The van der Waals surface area contributed by atoms with Gasteiger partial charge in [-0.15, -0.1) is 24.0 Å². The van der Waals surface area contributed by atoms with Gasteiger partial charge in [0.15, 0.2) is 5.96 Å². The Morgan fingerprint density at radius 2 is 1.89 bits per heavy atom. The predicted octanol–water partition coefficient (Wildman–Crippen LogP) is 1.52. The zero-order chi connectivity index (χ0) is 18.7. The lowest BCUT2D eigenvalue weighted by Gasteiger charge is -2.44. The third kappa shape index (κ3) is 4.92.